The first-order valence-electron chi connectivity index (χ1n) is 10.2. The molecule has 0 unspecified atom stereocenters. The zero-order valence-corrected chi connectivity index (χ0v) is 17.4. The van der Waals surface area contributed by atoms with Crippen molar-refractivity contribution in [3.8, 4) is 23.1 Å². The molecule has 1 aliphatic heterocycles. The van der Waals surface area contributed by atoms with Gasteiger partial charge in [-0.15, -0.1) is 0 Å². The van der Waals surface area contributed by atoms with E-state index in [0.717, 1.165) is 39.3 Å². The minimum absolute atomic E-state index is 0.386. The third kappa shape index (κ3) is 5.32. The molecule has 9 heteroatoms. The summed E-state index contributed by atoms with van der Waals surface area (Å²) < 4.78 is 22.8. The van der Waals surface area contributed by atoms with Crippen molar-refractivity contribution in [3.05, 3.63) is 42.7 Å². The van der Waals surface area contributed by atoms with Crippen LogP contribution in [0.5, 0.6) is 23.1 Å². The highest BCUT2D eigenvalue weighted by Gasteiger charge is 2.14. The molecule has 3 aromatic rings. The molecule has 31 heavy (non-hydrogen) atoms. The zero-order valence-electron chi connectivity index (χ0n) is 17.4. The van der Waals surface area contributed by atoms with Gasteiger partial charge in [-0.05, 0) is 24.6 Å². The van der Waals surface area contributed by atoms with Crippen molar-refractivity contribution < 1.29 is 24.2 Å². The maximum atomic E-state index is 9.09. The average molecular weight is 426 g/mol. The molecule has 0 bridgehead atoms. The first-order chi connectivity index (χ1) is 15.3. The molecule has 1 aliphatic rings. The molecule has 4 rings (SSSR count). The van der Waals surface area contributed by atoms with Crippen LogP contribution >= 0.6 is 0 Å². The van der Waals surface area contributed by atoms with Gasteiger partial charge in [0.25, 0.3) is 0 Å². The number of nitrogens with zero attached hydrogens (tertiary/aromatic N) is 3. The Morgan fingerprint density at radius 3 is 2.81 bits per heavy atom. The van der Waals surface area contributed by atoms with Gasteiger partial charge in [-0.1, -0.05) is 6.07 Å². The Hall–Kier alpha value is -3.14. The molecule has 1 fully saturated rings. The predicted octanol–water partition coefficient (Wildman–Crippen LogP) is 3.33. The quantitative estimate of drug-likeness (QED) is 0.394. The van der Waals surface area contributed by atoms with Crippen LogP contribution in [0.2, 0.25) is 0 Å². The number of nitrogens with one attached hydrogen (secondary N) is 1. The van der Waals surface area contributed by atoms with Gasteiger partial charge >= 0.3 is 0 Å². The molecule has 0 saturated carbocycles. The fourth-order valence-electron chi connectivity index (χ4n) is 3.43. The number of methoxy groups -OCH3 is 1. The maximum absolute atomic E-state index is 9.09. The molecule has 164 valence electrons. The molecule has 0 aliphatic carbocycles. The van der Waals surface area contributed by atoms with Crippen LogP contribution in [0.4, 0.5) is 5.69 Å². The molecular formula is C22H26N4O5. The Bertz CT molecular complexity index is 1010. The number of anilines is 1. The highest BCUT2D eigenvalue weighted by molar-refractivity contribution is 5.87. The molecule has 1 saturated heterocycles. The summed E-state index contributed by atoms with van der Waals surface area (Å²) in [4.78, 5) is 11.0. The second-order valence-electron chi connectivity index (χ2n) is 7.10. The number of hydrogen-bond donors (Lipinski definition) is 2. The van der Waals surface area contributed by atoms with Gasteiger partial charge < -0.3 is 18.9 Å². The maximum Gasteiger partial charge on any atom is 0.230 e. The van der Waals surface area contributed by atoms with Gasteiger partial charge in [-0.2, -0.15) is 0 Å². The fourth-order valence-corrected chi connectivity index (χ4v) is 3.43. The van der Waals surface area contributed by atoms with E-state index in [-0.39, 0.29) is 0 Å². The Kier molecular flexibility index (Phi) is 6.98. The molecule has 2 heterocycles. The zero-order chi connectivity index (χ0) is 21.5. The normalized spacial score (nSPS) is 14.4. The topological polar surface area (TPSA) is 98.2 Å². The molecular weight excluding hydrogens is 400 g/mol. The fraction of sp³-hybridized carbons (Fsp3) is 0.364. The third-order valence-electron chi connectivity index (χ3n) is 5.04. The van der Waals surface area contributed by atoms with Gasteiger partial charge in [0.05, 0.1) is 43.5 Å². The lowest BCUT2D eigenvalue weighted by Gasteiger charge is -2.26. The predicted molar refractivity (Wildman–Crippen MR) is 115 cm³/mol. The van der Waals surface area contributed by atoms with Crippen molar-refractivity contribution in [2.75, 3.05) is 52.0 Å². The van der Waals surface area contributed by atoms with Gasteiger partial charge in [0.1, 0.15) is 12.1 Å². The molecule has 2 aromatic carbocycles. The van der Waals surface area contributed by atoms with Crippen LogP contribution in [-0.4, -0.2) is 66.6 Å². The lowest BCUT2D eigenvalue weighted by Crippen LogP contribution is -2.37. The number of fused-ring (bicyclic) bond motifs is 1. The van der Waals surface area contributed by atoms with Crippen LogP contribution < -0.4 is 19.7 Å². The van der Waals surface area contributed by atoms with Crippen LogP contribution in [0.3, 0.4) is 0 Å². The Balaban J connectivity index is 1.48. The summed E-state index contributed by atoms with van der Waals surface area (Å²) in [5.41, 5.74) is 3.30. The summed E-state index contributed by atoms with van der Waals surface area (Å²) in [6, 6.07) is 10.6. The monoisotopic (exact) mass is 426 g/mol. The summed E-state index contributed by atoms with van der Waals surface area (Å²) >= 11 is 0. The van der Waals surface area contributed by atoms with E-state index in [1.807, 2.05) is 12.1 Å². The van der Waals surface area contributed by atoms with Crippen molar-refractivity contribution in [1.82, 2.24) is 14.9 Å². The Morgan fingerprint density at radius 1 is 1.13 bits per heavy atom. The number of aromatic nitrogens is 2. The standard InChI is InChI=1S/C22H26N4O5/c1-28-20-13-18-19(14-21(20)30-9-3-6-26-7-10-29-11-8-26)23-15-24-22(18)31-17-5-2-4-16(12-17)25-27/h2,4-5,12-15,25,27H,3,6-11H2,1H3. The van der Waals surface area contributed by atoms with Crippen molar-refractivity contribution >= 4 is 16.6 Å². The molecule has 9 nitrogen and oxygen atoms in total. The summed E-state index contributed by atoms with van der Waals surface area (Å²) in [5.74, 6) is 2.14. The number of ether oxygens (including phenoxy) is 4. The number of morpholine rings is 1. The van der Waals surface area contributed by atoms with E-state index in [2.05, 4.69) is 20.3 Å². The van der Waals surface area contributed by atoms with Gasteiger partial charge in [-0.25, -0.2) is 9.97 Å². The van der Waals surface area contributed by atoms with E-state index >= 15 is 0 Å². The van der Waals surface area contributed by atoms with Gasteiger partial charge in [0.15, 0.2) is 11.5 Å². The summed E-state index contributed by atoms with van der Waals surface area (Å²) in [7, 11) is 1.60. The largest absolute Gasteiger partial charge is 0.493 e. The summed E-state index contributed by atoms with van der Waals surface area (Å²) in [6.45, 7) is 5.08. The van der Waals surface area contributed by atoms with Crippen LogP contribution in [0.1, 0.15) is 6.42 Å². The molecule has 0 amide bonds. The summed E-state index contributed by atoms with van der Waals surface area (Å²) in [6.07, 6.45) is 2.36. The van der Waals surface area contributed by atoms with E-state index in [4.69, 9.17) is 24.2 Å². The Morgan fingerprint density at radius 2 is 2.00 bits per heavy atom. The number of benzene rings is 2. The second-order valence-corrected chi connectivity index (χ2v) is 7.10. The van der Waals surface area contributed by atoms with E-state index < -0.39 is 0 Å². The van der Waals surface area contributed by atoms with E-state index in [1.165, 1.54) is 6.33 Å². The Labute approximate surface area is 180 Å². The van der Waals surface area contributed by atoms with Crippen molar-refractivity contribution in [2.24, 2.45) is 0 Å². The van der Waals surface area contributed by atoms with Gasteiger partial charge in [-0.3, -0.25) is 15.6 Å². The average Bonchev–Trinajstić information content (AvgIpc) is 2.82. The van der Waals surface area contributed by atoms with E-state index in [9.17, 15) is 0 Å². The minimum atomic E-state index is 0.386. The van der Waals surface area contributed by atoms with E-state index in [1.54, 1.807) is 31.4 Å². The van der Waals surface area contributed by atoms with E-state index in [0.29, 0.717) is 46.3 Å². The second kappa shape index (κ2) is 10.3. The highest BCUT2D eigenvalue weighted by atomic mass is 16.5. The van der Waals surface area contributed by atoms with Crippen molar-refractivity contribution in [2.45, 2.75) is 6.42 Å². The molecule has 2 N–H and O–H groups in total. The first kappa shape index (κ1) is 21.1. The van der Waals surface area contributed by atoms with Gasteiger partial charge in [0.2, 0.25) is 5.88 Å². The lowest BCUT2D eigenvalue weighted by atomic mass is 10.2. The third-order valence-corrected chi connectivity index (χ3v) is 5.04. The smallest absolute Gasteiger partial charge is 0.230 e. The summed E-state index contributed by atoms with van der Waals surface area (Å²) in [5, 5.41) is 9.79. The SMILES string of the molecule is COc1cc2c(Oc3cccc(NO)c3)ncnc2cc1OCCCN1CCOCC1. The highest BCUT2D eigenvalue weighted by Crippen LogP contribution is 2.36. The van der Waals surface area contributed by atoms with Crippen LogP contribution in [0.25, 0.3) is 10.9 Å². The lowest BCUT2D eigenvalue weighted by molar-refractivity contribution is 0.0357. The molecule has 0 spiro atoms. The van der Waals surface area contributed by atoms with Crippen molar-refractivity contribution in [3.63, 3.8) is 0 Å². The first-order valence-corrected chi connectivity index (χ1v) is 10.2. The molecule has 1 aromatic heterocycles. The van der Waals surface area contributed by atoms with Crippen LogP contribution in [0, 0.1) is 0 Å². The van der Waals surface area contributed by atoms with Crippen LogP contribution in [0.15, 0.2) is 42.7 Å². The van der Waals surface area contributed by atoms with Gasteiger partial charge in [0, 0.05) is 31.8 Å². The van der Waals surface area contributed by atoms with Crippen molar-refractivity contribution in [1.29, 1.82) is 0 Å². The molecule has 0 radical (unpaired) electrons. The minimum Gasteiger partial charge on any atom is -0.493 e. The number of rotatable bonds is 9. The number of hydrogen-bond acceptors (Lipinski definition) is 9. The van der Waals surface area contributed by atoms with Crippen LogP contribution in [-0.2, 0) is 4.74 Å². The molecule has 0 atom stereocenters.